The lowest BCUT2D eigenvalue weighted by Crippen LogP contribution is -2.37. The molecule has 0 aliphatic carbocycles. The highest BCUT2D eigenvalue weighted by Gasteiger charge is 2.34. The Morgan fingerprint density at radius 1 is 1.44 bits per heavy atom. The van der Waals surface area contributed by atoms with E-state index in [2.05, 4.69) is 16.3 Å². The van der Waals surface area contributed by atoms with Crippen molar-refractivity contribution >= 4 is 15.7 Å². The number of methoxy groups -OCH3 is 1. The summed E-state index contributed by atoms with van der Waals surface area (Å²) in [6.45, 7) is 2.46. The number of nitriles is 1. The van der Waals surface area contributed by atoms with Crippen molar-refractivity contribution < 1.29 is 13.2 Å². The van der Waals surface area contributed by atoms with Crippen LogP contribution < -0.4 is 9.64 Å². The molecule has 3 rings (SSSR count). The quantitative estimate of drug-likeness (QED) is 0.787. The minimum atomic E-state index is -3.03. The maximum Gasteiger partial charge on any atom is 0.207 e. The predicted octanol–water partition coefficient (Wildman–Crippen LogP) is 1.16. The Labute approximate surface area is 146 Å². The second-order valence-corrected chi connectivity index (χ2v) is 8.05. The molecule has 1 aliphatic rings. The standard InChI is InChI=1S/C16H19N5O3S/c1-3-20(13-7-8-25(22,23)11-13)16-15(10-17)18-21(19-16)12-5-4-6-14(9-12)24-2/h4-6,9,13H,3,7-8,11H2,1-2H3. The molecule has 1 aromatic carbocycles. The molecular weight excluding hydrogens is 342 g/mol. The number of rotatable bonds is 5. The molecule has 0 spiro atoms. The molecule has 2 aromatic rings. The molecule has 8 nitrogen and oxygen atoms in total. The summed E-state index contributed by atoms with van der Waals surface area (Å²) < 4.78 is 28.8. The third-order valence-electron chi connectivity index (χ3n) is 4.25. The van der Waals surface area contributed by atoms with E-state index in [9.17, 15) is 13.7 Å². The van der Waals surface area contributed by atoms with Crippen LogP contribution in [0.5, 0.6) is 5.75 Å². The van der Waals surface area contributed by atoms with E-state index in [1.807, 2.05) is 24.0 Å². The van der Waals surface area contributed by atoms with Crippen molar-refractivity contribution in [3.63, 3.8) is 0 Å². The van der Waals surface area contributed by atoms with Crippen LogP contribution in [0.3, 0.4) is 0 Å². The summed E-state index contributed by atoms with van der Waals surface area (Å²) in [5, 5.41) is 18.1. The molecule has 1 aromatic heterocycles. The van der Waals surface area contributed by atoms with E-state index in [-0.39, 0.29) is 23.2 Å². The number of ether oxygens (including phenoxy) is 1. The summed E-state index contributed by atoms with van der Waals surface area (Å²) in [6.07, 6.45) is 0.535. The molecule has 1 unspecified atom stereocenters. The molecule has 0 saturated carbocycles. The zero-order chi connectivity index (χ0) is 18.0. The van der Waals surface area contributed by atoms with Crippen LogP contribution in [0.4, 0.5) is 5.82 Å². The summed E-state index contributed by atoms with van der Waals surface area (Å²) >= 11 is 0. The van der Waals surface area contributed by atoms with Gasteiger partial charge in [-0.1, -0.05) is 6.07 Å². The Morgan fingerprint density at radius 2 is 2.24 bits per heavy atom. The number of sulfone groups is 1. The van der Waals surface area contributed by atoms with Crippen molar-refractivity contribution in [3.8, 4) is 17.5 Å². The molecule has 0 amide bonds. The zero-order valence-electron chi connectivity index (χ0n) is 14.1. The summed E-state index contributed by atoms with van der Waals surface area (Å²) in [6, 6.07) is 9.06. The van der Waals surface area contributed by atoms with Crippen molar-refractivity contribution in [2.45, 2.75) is 19.4 Å². The zero-order valence-corrected chi connectivity index (χ0v) is 14.9. The first-order chi connectivity index (χ1) is 12.0. The van der Waals surface area contributed by atoms with Crippen LogP contribution in [0, 0.1) is 11.3 Å². The monoisotopic (exact) mass is 361 g/mol. The molecule has 1 aliphatic heterocycles. The van der Waals surface area contributed by atoms with E-state index >= 15 is 0 Å². The number of hydrogen-bond acceptors (Lipinski definition) is 7. The third kappa shape index (κ3) is 3.44. The van der Waals surface area contributed by atoms with Gasteiger partial charge in [0.15, 0.2) is 15.7 Å². The molecule has 1 fully saturated rings. The van der Waals surface area contributed by atoms with Crippen molar-refractivity contribution in [1.29, 1.82) is 5.26 Å². The molecule has 0 radical (unpaired) electrons. The van der Waals surface area contributed by atoms with Gasteiger partial charge in [0.2, 0.25) is 5.69 Å². The van der Waals surface area contributed by atoms with Gasteiger partial charge in [-0.2, -0.15) is 5.26 Å². The Bertz CT molecular complexity index is 916. The summed E-state index contributed by atoms with van der Waals surface area (Å²) in [7, 11) is -1.46. The number of hydrogen-bond donors (Lipinski definition) is 0. The number of aromatic nitrogens is 3. The Morgan fingerprint density at radius 3 is 2.84 bits per heavy atom. The topological polar surface area (TPSA) is 101 Å². The molecule has 1 atom stereocenters. The molecule has 132 valence electrons. The van der Waals surface area contributed by atoms with Crippen molar-refractivity contribution in [2.75, 3.05) is 30.1 Å². The largest absolute Gasteiger partial charge is 0.497 e. The predicted molar refractivity (Wildman–Crippen MR) is 92.7 cm³/mol. The van der Waals surface area contributed by atoms with Crippen LogP contribution in [0.2, 0.25) is 0 Å². The highest BCUT2D eigenvalue weighted by Crippen LogP contribution is 2.26. The van der Waals surface area contributed by atoms with Gasteiger partial charge in [0, 0.05) is 18.7 Å². The van der Waals surface area contributed by atoms with Gasteiger partial charge in [-0.05, 0) is 25.5 Å². The first-order valence-electron chi connectivity index (χ1n) is 7.96. The maximum atomic E-state index is 11.8. The lowest BCUT2D eigenvalue weighted by Gasteiger charge is -2.26. The van der Waals surface area contributed by atoms with Gasteiger partial charge in [0.1, 0.15) is 11.8 Å². The summed E-state index contributed by atoms with van der Waals surface area (Å²) in [5.41, 5.74) is 0.839. The van der Waals surface area contributed by atoms with Crippen molar-refractivity contribution in [3.05, 3.63) is 30.0 Å². The molecule has 2 heterocycles. The summed E-state index contributed by atoms with van der Waals surface area (Å²) in [4.78, 5) is 3.23. The molecule has 9 heteroatoms. The fraction of sp³-hybridized carbons (Fsp3) is 0.438. The van der Waals surface area contributed by atoms with Crippen LogP contribution in [0.1, 0.15) is 19.0 Å². The number of anilines is 1. The lowest BCUT2D eigenvalue weighted by molar-refractivity contribution is 0.414. The number of nitrogens with zero attached hydrogens (tertiary/aromatic N) is 5. The molecule has 0 N–H and O–H groups in total. The van der Waals surface area contributed by atoms with Crippen LogP contribution in [-0.4, -0.2) is 54.6 Å². The van der Waals surface area contributed by atoms with E-state index in [4.69, 9.17) is 4.74 Å². The van der Waals surface area contributed by atoms with Crippen LogP contribution in [0.25, 0.3) is 5.69 Å². The van der Waals surface area contributed by atoms with Gasteiger partial charge in [-0.15, -0.1) is 15.0 Å². The first-order valence-corrected chi connectivity index (χ1v) is 9.78. The highest BCUT2D eigenvalue weighted by molar-refractivity contribution is 7.91. The lowest BCUT2D eigenvalue weighted by atomic mass is 10.2. The Balaban J connectivity index is 1.98. The Hall–Kier alpha value is -2.60. The minimum absolute atomic E-state index is 0.0811. The molecule has 1 saturated heterocycles. The highest BCUT2D eigenvalue weighted by atomic mass is 32.2. The van der Waals surface area contributed by atoms with E-state index in [0.29, 0.717) is 30.2 Å². The third-order valence-corrected chi connectivity index (χ3v) is 6.00. The first kappa shape index (κ1) is 17.2. The average Bonchev–Trinajstić information content (AvgIpc) is 3.19. The molecule has 0 bridgehead atoms. The van der Waals surface area contributed by atoms with E-state index in [1.54, 1.807) is 19.2 Å². The van der Waals surface area contributed by atoms with E-state index < -0.39 is 9.84 Å². The van der Waals surface area contributed by atoms with Crippen molar-refractivity contribution in [2.24, 2.45) is 0 Å². The summed E-state index contributed by atoms with van der Waals surface area (Å²) in [5.74, 6) is 1.32. The van der Waals surface area contributed by atoms with Gasteiger partial charge in [0.25, 0.3) is 0 Å². The fourth-order valence-corrected chi connectivity index (χ4v) is 4.75. The van der Waals surface area contributed by atoms with Gasteiger partial charge in [-0.3, -0.25) is 0 Å². The van der Waals surface area contributed by atoms with E-state index in [0.717, 1.165) is 0 Å². The SMILES string of the molecule is CCN(c1nn(-c2cccc(OC)c2)nc1C#N)C1CCS(=O)(=O)C1. The van der Waals surface area contributed by atoms with Gasteiger partial charge in [0.05, 0.1) is 24.3 Å². The minimum Gasteiger partial charge on any atom is -0.497 e. The average molecular weight is 361 g/mol. The van der Waals surface area contributed by atoms with Crippen LogP contribution >= 0.6 is 0 Å². The van der Waals surface area contributed by atoms with Gasteiger partial charge >= 0.3 is 0 Å². The normalized spacial score (nSPS) is 18.7. The Kier molecular flexibility index (Phi) is 4.63. The molecule has 25 heavy (non-hydrogen) atoms. The maximum absolute atomic E-state index is 11.8. The van der Waals surface area contributed by atoms with Crippen LogP contribution in [0.15, 0.2) is 24.3 Å². The van der Waals surface area contributed by atoms with Gasteiger partial charge in [-0.25, -0.2) is 8.42 Å². The number of benzene rings is 1. The second kappa shape index (κ2) is 6.72. The van der Waals surface area contributed by atoms with Crippen LogP contribution in [-0.2, 0) is 9.84 Å². The van der Waals surface area contributed by atoms with Crippen molar-refractivity contribution in [1.82, 2.24) is 15.0 Å². The van der Waals surface area contributed by atoms with Gasteiger partial charge < -0.3 is 9.64 Å². The van der Waals surface area contributed by atoms with E-state index in [1.165, 1.54) is 4.80 Å². The molecular formula is C16H19N5O3S. The smallest absolute Gasteiger partial charge is 0.207 e. The fourth-order valence-electron chi connectivity index (χ4n) is 3.02. The second-order valence-electron chi connectivity index (χ2n) is 5.82.